The summed E-state index contributed by atoms with van der Waals surface area (Å²) in [6.07, 6.45) is 0. The van der Waals surface area contributed by atoms with Crippen LogP contribution in [0.1, 0.15) is 0 Å². The van der Waals surface area contributed by atoms with Crippen LogP contribution in [-0.2, 0) is 0 Å². The van der Waals surface area contributed by atoms with Crippen molar-refractivity contribution in [1.82, 2.24) is 4.98 Å². The molecule has 0 aliphatic heterocycles. The van der Waals surface area contributed by atoms with Crippen LogP contribution in [0.5, 0.6) is 0 Å². The zero-order valence-electron chi connectivity index (χ0n) is 28.9. The third kappa shape index (κ3) is 4.83. The van der Waals surface area contributed by atoms with E-state index in [9.17, 15) is 0 Å². The number of benzene rings is 8. The van der Waals surface area contributed by atoms with E-state index < -0.39 is 0 Å². The molecule has 0 radical (unpaired) electrons. The van der Waals surface area contributed by atoms with E-state index in [-0.39, 0.29) is 0 Å². The summed E-state index contributed by atoms with van der Waals surface area (Å²) in [4.78, 5) is 7.27. The summed E-state index contributed by atoms with van der Waals surface area (Å²) in [5.41, 5.74) is 13.1. The van der Waals surface area contributed by atoms with Gasteiger partial charge in [0.15, 0.2) is 11.2 Å². The van der Waals surface area contributed by atoms with Gasteiger partial charge in [0.05, 0.1) is 11.1 Å². The van der Waals surface area contributed by atoms with Crippen LogP contribution < -0.4 is 4.90 Å². The number of fused-ring (bicyclic) bond motifs is 8. The highest BCUT2D eigenvalue weighted by Crippen LogP contribution is 2.45. The summed E-state index contributed by atoms with van der Waals surface area (Å²) in [7, 11) is 0. The lowest BCUT2D eigenvalue weighted by Gasteiger charge is -2.26. The van der Waals surface area contributed by atoms with Gasteiger partial charge in [0.25, 0.3) is 0 Å². The molecule has 0 aliphatic rings. The zero-order valence-corrected chi connectivity index (χ0v) is 28.9. The fourth-order valence-corrected chi connectivity index (χ4v) is 7.79. The molecule has 0 N–H and O–H groups in total. The van der Waals surface area contributed by atoms with Crippen molar-refractivity contribution < 1.29 is 13.3 Å². The van der Waals surface area contributed by atoms with Crippen molar-refractivity contribution in [2.45, 2.75) is 0 Å². The fraction of sp³-hybridized carbons (Fsp3) is 0. The normalized spacial score (nSPS) is 11.7. The Balaban J connectivity index is 1.09. The Morgan fingerprint density at radius 1 is 0.389 bits per heavy atom. The van der Waals surface area contributed by atoms with Crippen LogP contribution in [0.15, 0.2) is 195 Å². The van der Waals surface area contributed by atoms with E-state index in [1.54, 1.807) is 0 Å². The number of oxazole rings is 1. The molecule has 0 aliphatic carbocycles. The lowest BCUT2D eigenvalue weighted by atomic mass is 10.0. The van der Waals surface area contributed by atoms with Crippen molar-refractivity contribution in [3.05, 3.63) is 182 Å². The van der Waals surface area contributed by atoms with Crippen LogP contribution in [-0.4, -0.2) is 4.98 Å². The second kappa shape index (κ2) is 12.1. The molecule has 254 valence electrons. The average molecular weight is 695 g/mol. The van der Waals surface area contributed by atoms with Crippen molar-refractivity contribution in [1.29, 1.82) is 0 Å². The Bertz CT molecular complexity index is 3160. The van der Waals surface area contributed by atoms with E-state index in [0.717, 1.165) is 99.9 Å². The summed E-state index contributed by atoms with van der Waals surface area (Å²) < 4.78 is 19.5. The highest BCUT2D eigenvalue weighted by atomic mass is 16.4. The predicted octanol–water partition coefficient (Wildman–Crippen LogP) is 14.1. The maximum Gasteiger partial charge on any atom is 0.227 e. The molecule has 5 nitrogen and oxygen atoms in total. The molecule has 11 aromatic rings. The lowest BCUT2D eigenvalue weighted by molar-refractivity contribution is 0.619. The number of rotatable bonds is 6. The molecular formula is C49H30N2O3. The maximum absolute atomic E-state index is 6.78. The Kier molecular flexibility index (Phi) is 6.79. The van der Waals surface area contributed by atoms with Gasteiger partial charge in [0.1, 0.15) is 22.3 Å². The van der Waals surface area contributed by atoms with E-state index >= 15 is 0 Å². The highest BCUT2D eigenvalue weighted by Gasteiger charge is 2.23. The van der Waals surface area contributed by atoms with E-state index in [2.05, 4.69) is 126 Å². The summed E-state index contributed by atoms with van der Waals surface area (Å²) in [5.74, 6) is 0.585. The third-order valence-corrected chi connectivity index (χ3v) is 10.3. The average Bonchev–Trinajstić information content (AvgIpc) is 3.96. The molecule has 0 saturated carbocycles. The van der Waals surface area contributed by atoms with Gasteiger partial charge < -0.3 is 18.2 Å². The molecule has 8 aromatic carbocycles. The smallest absolute Gasteiger partial charge is 0.227 e. The SMILES string of the molecule is c1ccc(-c2cccc(N(c3ccc(-c4cccc5c4oc4ccccc45)cc3)c3cccc4c3oc3ccc5oc(-c6ccccc6)nc5c34)c2)cc1. The molecule has 0 saturated heterocycles. The molecule has 5 heteroatoms. The van der Waals surface area contributed by atoms with Crippen molar-refractivity contribution in [3.63, 3.8) is 0 Å². The summed E-state index contributed by atoms with van der Waals surface area (Å²) in [6.45, 7) is 0. The number of aromatic nitrogens is 1. The molecule has 3 aromatic heterocycles. The molecule has 0 spiro atoms. The van der Waals surface area contributed by atoms with Gasteiger partial charge in [-0.1, -0.05) is 121 Å². The van der Waals surface area contributed by atoms with Gasteiger partial charge >= 0.3 is 0 Å². The van der Waals surface area contributed by atoms with Gasteiger partial charge in [0.2, 0.25) is 5.89 Å². The van der Waals surface area contributed by atoms with Gasteiger partial charge in [0, 0.05) is 38.7 Å². The number of para-hydroxylation sites is 3. The van der Waals surface area contributed by atoms with Crippen molar-refractivity contribution in [2.24, 2.45) is 0 Å². The number of nitrogens with zero attached hydrogens (tertiary/aromatic N) is 2. The van der Waals surface area contributed by atoms with Crippen molar-refractivity contribution >= 4 is 72.0 Å². The standard InChI is InChI=1S/C49H30N2O3/c1-3-12-31(13-4-1)34-16-9-17-36(30-34)51(35-26-24-32(25-27-35)37-19-10-20-39-38-18-7-8-23-42(38)52-47(37)39)41-22-11-21-40-45-43(53-48(40)41)28-29-44-46(45)50-49(54-44)33-14-5-2-6-15-33/h1-30H. The van der Waals surface area contributed by atoms with Crippen LogP contribution in [0.4, 0.5) is 17.1 Å². The van der Waals surface area contributed by atoms with E-state index in [1.807, 2.05) is 60.7 Å². The van der Waals surface area contributed by atoms with Gasteiger partial charge in [-0.15, -0.1) is 0 Å². The van der Waals surface area contributed by atoms with Crippen LogP contribution in [0, 0.1) is 0 Å². The second-order valence-corrected chi connectivity index (χ2v) is 13.5. The zero-order chi connectivity index (χ0) is 35.6. The number of hydrogen-bond acceptors (Lipinski definition) is 5. The monoisotopic (exact) mass is 694 g/mol. The fourth-order valence-electron chi connectivity index (χ4n) is 7.79. The largest absolute Gasteiger partial charge is 0.455 e. The molecule has 0 amide bonds. The minimum Gasteiger partial charge on any atom is -0.455 e. The maximum atomic E-state index is 6.78. The lowest BCUT2D eigenvalue weighted by Crippen LogP contribution is -2.10. The van der Waals surface area contributed by atoms with Crippen molar-refractivity contribution in [3.8, 4) is 33.7 Å². The summed E-state index contributed by atoms with van der Waals surface area (Å²) in [6, 6.07) is 62.7. The summed E-state index contributed by atoms with van der Waals surface area (Å²) in [5, 5.41) is 4.13. The predicted molar refractivity (Wildman–Crippen MR) is 220 cm³/mol. The van der Waals surface area contributed by atoms with Crippen molar-refractivity contribution in [2.75, 3.05) is 4.90 Å². The van der Waals surface area contributed by atoms with Gasteiger partial charge in [-0.3, -0.25) is 0 Å². The second-order valence-electron chi connectivity index (χ2n) is 13.5. The van der Waals surface area contributed by atoms with Gasteiger partial charge in [-0.25, -0.2) is 4.98 Å². The van der Waals surface area contributed by atoms with E-state index in [4.69, 9.17) is 18.2 Å². The number of hydrogen-bond donors (Lipinski definition) is 0. The third-order valence-electron chi connectivity index (χ3n) is 10.3. The Labute approximate surface area is 309 Å². The van der Waals surface area contributed by atoms with E-state index in [1.165, 1.54) is 0 Å². The first-order valence-corrected chi connectivity index (χ1v) is 18.0. The van der Waals surface area contributed by atoms with E-state index in [0.29, 0.717) is 5.89 Å². The van der Waals surface area contributed by atoms with Gasteiger partial charge in [-0.2, -0.15) is 0 Å². The molecule has 11 rings (SSSR count). The Morgan fingerprint density at radius 2 is 1.06 bits per heavy atom. The Morgan fingerprint density at radius 3 is 1.91 bits per heavy atom. The van der Waals surface area contributed by atoms with Crippen LogP contribution in [0.25, 0.3) is 88.7 Å². The number of anilines is 3. The number of furan rings is 2. The minimum absolute atomic E-state index is 0.585. The first-order valence-electron chi connectivity index (χ1n) is 18.0. The topological polar surface area (TPSA) is 55.6 Å². The van der Waals surface area contributed by atoms with Crippen LogP contribution >= 0.6 is 0 Å². The summed E-state index contributed by atoms with van der Waals surface area (Å²) >= 11 is 0. The molecule has 0 bridgehead atoms. The quantitative estimate of drug-likeness (QED) is 0.173. The van der Waals surface area contributed by atoms with Crippen LogP contribution in [0.3, 0.4) is 0 Å². The minimum atomic E-state index is 0.585. The molecule has 0 atom stereocenters. The molecule has 3 heterocycles. The molecule has 54 heavy (non-hydrogen) atoms. The molecule has 0 fully saturated rings. The first-order chi connectivity index (χ1) is 26.8. The van der Waals surface area contributed by atoms with Gasteiger partial charge in [-0.05, 0) is 77.4 Å². The highest BCUT2D eigenvalue weighted by molar-refractivity contribution is 6.19. The molecule has 0 unspecified atom stereocenters. The first kappa shape index (κ1) is 30.3. The molecular weight excluding hydrogens is 665 g/mol. The Hall–Kier alpha value is -7.37. The van der Waals surface area contributed by atoms with Crippen LogP contribution in [0.2, 0.25) is 0 Å².